The molecule has 98 valence electrons. The Morgan fingerprint density at radius 3 is 2.83 bits per heavy atom. The summed E-state index contributed by atoms with van der Waals surface area (Å²) in [6.07, 6.45) is 3.91. The molecule has 2 N–H and O–H groups in total. The van der Waals surface area contributed by atoms with Crippen LogP contribution in [0.5, 0.6) is 5.75 Å². The Bertz CT molecular complexity index is 434. The van der Waals surface area contributed by atoms with E-state index in [-0.39, 0.29) is 5.56 Å². The Balaban J connectivity index is 2.83. The summed E-state index contributed by atoms with van der Waals surface area (Å²) in [4.78, 5) is 26.7. The fourth-order valence-electron chi connectivity index (χ4n) is 1.51. The number of carbonyl (C=O) groups is 2. The van der Waals surface area contributed by atoms with Crippen LogP contribution in [0.25, 0.3) is 0 Å². The van der Waals surface area contributed by atoms with Crippen LogP contribution in [0.1, 0.15) is 30.1 Å². The molecule has 0 saturated heterocycles. The molecule has 0 bridgehead atoms. The Kier molecular flexibility index (Phi) is 5.10. The lowest BCUT2D eigenvalue weighted by Crippen LogP contribution is -2.40. The van der Waals surface area contributed by atoms with Gasteiger partial charge in [0.05, 0.1) is 18.9 Å². The van der Waals surface area contributed by atoms with Crippen LogP contribution in [0.2, 0.25) is 0 Å². The molecular weight excluding hydrogens is 236 g/mol. The number of carboxylic acids is 1. The van der Waals surface area contributed by atoms with Gasteiger partial charge in [-0.1, -0.05) is 13.3 Å². The van der Waals surface area contributed by atoms with E-state index in [1.54, 1.807) is 0 Å². The largest absolute Gasteiger partial charge is 0.494 e. The summed E-state index contributed by atoms with van der Waals surface area (Å²) in [5.74, 6) is -1.20. The second-order valence-electron chi connectivity index (χ2n) is 3.73. The highest BCUT2D eigenvalue weighted by molar-refractivity contribution is 5.98. The van der Waals surface area contributed by atoms with Crippen molar-refractivity contribution in [2.24, 2.45) is 0 Å². The Hall–Kier alpha value is -2.11. The Morgan fingerprint density at radius 1 is 1.56 bits per heavy atom. The molecule has 1 heterocycles. The molecule has 1 atom stereocenters. The molecular formula is C12H16N2O4. The summed E-state index contributed by atoms with van der Waals surface area (Å²) < 4.78 is 5.00. The number of hydrogen-bond acceptors (Lipinski definition) is 4. The first-order valence-corrected chi connectivity index (χ1v) is 5.61. The molecule has 0 aliphatic heterocycles. The van der Waals surface area contributed by atoms with Crippen LogP contribution in [0.4, 0.5) is 0 Å². The van der Waals surface area contributed by atoms with Crippen LogP contribution in [0, 0.1) is 0 Å². The molecule has 0 fully saturated rings. The third kappa shape index (κ3) is 3.44. The van der Waals surface area contributed by atoms with Crippen LogP contribution >= 0.6 is 0 Å². The highest BCUT2D eigenvalue weighted by atomic mass is 16.5. The number of methoxy groups -OCH3 is 1. The first kappa shape index (κ1) is 14.0. The molecule has 1 aromatic rings. The van der Waals surface area contributed by atoms with E-state index in [0.717, 1.165) is 0 Å². The number of nitrogens with zero attached hydrogens (tertiary/aromatic N) is 1. The van der Waals surface area contributed by atoms with Gasteiger partial charge >= 0.3 is 5.97 Å². The van der Waals surface area contributed by atoms with Crippen molar-refractivity contribution in [1.82, 2.24) is 10.3 Å². The number of aliphatic carboxylic acids is 1. The number of carbonyl (C=O) groups excluding carboxylic acids is 1. The number of rotatable bonds is 6. The van der Waals surface area contributed by atoms with Crippen molar-refractivity contribution < 1.29 is 19.4 Å². The predicted octanol–water partition coefficient (Wildman–Crippen LogP) is 1.07. The topological polar surface area (TPSA) is 88.5 Å². The molecule has 1 amide bonds. The van der Waals surface area contributed by atoms with E-state index in [0.29, 0.717) is 18.6 Å². The van der Waals surface area contributed by atoms with Crippen LogP contribution < -0.4 is 10.1 Å². The molecule has 6 nitrogen and oxygen atoms in total. The Morgan fingerprint density at radius 2 is 2.28 bits per heavy atom. The smallest absolute Gasteiger partial charge is 0.326 e. The van der Waals surface area contributed by atoms with E-state index in [1.807, 2.05) is 6.92 Å². The maximum Gasteiger partial charge on any atom is 0.326 e. The lowest BCUT2D eigenvalue weighted by atomic mass is 10.1. The third-order valence-electron chi connectivity index (χ3n) is 2.43. The van der Waals surface area contributed by atoms with Crippen molar-refractivity contribution in [2.45, 2.75) is 25.8 Å². The quantitative estimate of drug-likeness (QED) is 0.790. The molecule has 0 unspecified atom stereocenters. The molecule has 0 radical (unpaired) electrons. The molecule has 6 heteroatoms. The molecule has 0 aliphatic rings. The van der Waals surface area contributed by atoms with E-state index in [4.69, 9.17) is 9.84 Å². The zero-order valence-corrected chi connectivity index (χ0v) is 10.3. The number of amides is 1. The maximum absolute atomic E-state index is 11.9. The zero-order valence-electron chi connectivity index (χ0n) is 10.3. The Labute approximate surface area is 105 Å². The lowest BCUT2D eigenvalue weighted by Gasteiger charge is -2.14. The number of nitrogens with one attached hydrogen (secondary N) is 1. The minimum absolute atomic E-state index is 0.273. The first-order valence-electron chi connectivity index (χ1n) is 5.61. The fourth-order valence-corrected chi connectivity index (χ4v) is 1.51. The van der Waals surface area contributed by atoms with Crippen molar-refractivity contribution >= 4 is 11.9 Å². The lowest BCUT2D eigenvalue weighted by molar-refractivity contribution is -0.139. The van der Waals surface area contributed by atoms with Crippen LogP contribution in [0.3, 0.4) is 0 Å². The fraction of sp³-hybridized carbons (Fsp3) is 0.417. The van der Waals surface area contributed by atoms with Gasteiger partial charge in [-0.05, 0) is 12.5 Å². The monoisotopic (exact) mass is 252 g/mol. The summed E-state index contributed by atoms with van der Waals surface area (Å²) in [6, 6.07) is 0.597. The van der Waals surface area contributed by atoms with E-state index in [2.05, 4.69) is 10.3 Å². The summed E-state index contributed by atoms with van der Waals surface area (Å²) in [6.45, 7) is 1.86. The number of pyridine rings is 1. The van der Waals surface area contributed by atoms with E-state index >= 15 is 0 Å². The summed E-state index contributed by atoms with van der Waals surface area (Å²) in [5.41, 5.74) is 0.273. The minimum atomic E-state index is -1.04. The number of ether oxygens (including phenoxy) is 1. The second kappa shape index (κ2) is 6.58. The normalized spacial score (nSPS) is 11.7. The van der Waals surface area contributed by atoms with Gasteiger partial charge in [-0.3, -0.25) is 9.78 Å². The van der Waals surface area contributed by atoms with Gasteiger partial charge in [-0.25, -0.2) is 4.79 Å². The van der Waals surface area contributed by atoms with Crippen molar-refractivity contribution in [3.05, 3.63) is 24.0 Å². The van der Waals surface area contributed by atoms with Crippen LogP contribution in [-0.2, 0) is 4.79 Å². The van der Waals surface area contributed by atoms with Gasteiger partial charge in [-0.15, -0.1) is 0 Å². The third-order valence-corrected chi connectivity index (χ3v) is 2.43. The highest BCUT2D eigenvalue weighted by Crippen LogP contribution is 2.15. The molecule has 18 heavy (non-hydrogen) atoms. The molecule has 0 aromatic carbocycles. The average molecular weight is 252 g/mol. The zero-order chi connectivity index (χ0) is 13.5. The molecule has 0 saturated carbocycles. The van der Waals surface area contributed by atoms with Crippen LogP contribution in [0.15, 0.2) is 18.5 Å². The first-order chi connectivity index (χ1) is 8.60. The second-order valence-corrected chi connectivity index (χ2v) is 3.73. The van der Waals surface area contributed by atoms with Gasteiger partial charge in [0.2, 0.25) is 0 Å². The van der Waals surface area contributed by atoms with Crippen molar-refractivity contribution in [3.8, 4) is 5.75 Å². The summed E-state index contributed by atoms with van der Waals surface area (Å²) in [7, 11) is 1.43. The van der Waals surface area contributed by atoms with Crippen molar-refractivity contribution in [3.63, 3.8) is 0 Å². The molecule has 0 aliphatic carbocycles. The van der Waals surface area contributed by atoms with Gasteiger partial charge in [0.15, 0.2) is 0 Å². The van der Waals surface area contributed by atoms with Crippen molar-refractivity contribution in [2.75, 3.05) is 7.11 Å². The predicted molar refractivity (Wildman–Crippen MR) is 64.6 cm³/mol. The maximum atomic E-state index is 11.9. The van der Waals surface area contributed by atoms with Gasteiger partial charge in [0, 0.05) is 6.20 Å². The SMILES string of the molecule is CCC[C@@H](NC(=O)c1ccncc1OC)C(=O)O. The molecule has 1 aromatic heterocycles. The minimum Gasteiger partial charge on any atom is -0.494 e. The summed E-state index contributed by atoms with van der Waals surface area (Å²) in [5, 5.41) is 11.4. The van der Waals surface area contributed by atoms with Gasteiger partial charge in [-0.2, -0.15) is 0 Å². The van der Waals surface area contributed by atoms with Gasteiger partial charge in [0.1, 0.15) is 11.8 Å². The number of carboxylic acid groups (broad SMARTS) is 1. The van der Waals surface area contributed by atoms with Crippen molar-refractivity contribution in [1.29, 1.82) is 0 Å². The standard InChI is InChI=1S/C12H16N2O4/c1-3-4-9(12(16)17)14-11(15)8-5-6-13-7-10(8)18-2/h5-7,9H,3-4H2,1-2H3,(H,14,15)(H,16,17)/t9-/m1/s1. The van der Waals surface area contributed by atoms with Gasteiger partial charge < -0.3 is 15.2 Å². The van der Waals surface area contributed by atoms with E-state index in [9.17, 15) is 9.59 Å². The number of hydrogen-bond donors (Lipinski definition) is 2. The van der Waals surface area contributed by atoms with E-state index < -0.39 is 17.9 Å². The van der Waals surface area contributed by atoms with E-state index in [1.165, 1.54) is 25.6 Å². The number of aromatic nitrogens is 1. The summed E-state index contributed by atoms with van der Waals surface area (Å²) >= 11 is 0. The highest BCUT2D eigenvalue weighted by Gasteiger charge is 2.21. The molecule has 0 spiro atoms. The average Bonchev–Trinajstić information content (AvgIpc) is 2.37. The molecule has 1 rings (SSSR count). The van der Waals surface area contributed by atoms with Gasteiger partial charge in [0.25, 0.3) is 5.91 Å². The van der Waals surface area contributed by atoms with Crippen LogP contribution in [-0.4, -0.2) is 35.1 Å².